The van der Waals surface area contributed by atoms with Crippen LogP contribution in [-0.2, 0) is 11.3 Å². The Labute approximate surface area is 112 Å². The fourth-order valence-electron chi connectivity index (χ4n) is 2.40. The monoisotopic (exact) mass is 265 g/mol. The maximum Gasteiger partial charge on any atom is 0.228 e. The Hall–Kier alpha value is -1.75. The van der Waals surface area contributed by atoms with E-state index in [4.69, 9.17) is 9.47 Å². The summed E-state index contributed by atoms with van der Waals surface area (Å²) in [6, 6.07) is 5.40. The molecule has 1 saturated heterocycles. The minimum absolute atomic E-state index is 0.00855. The van der Waals surface area contributed by atoms with Crippen LogP contribution in [0.4, 0.5) is 0 Å². The number of methoxy groups -OCH3 is 2. The maximum absolute atomic E-state index is 11.8. The summed E-state index contributed by atoms with van der Waals surface area (Å²) in [6.45, 7) is 2.28. The number of benzene rings is 1. The van der Waals surface area contributed by atoms with Gasteiger partial charge in [-0.3, -0.25) is 4.79 Å². The number of aliphatic hydroxyl groups excluding tert-OH is 1. The Morgan fingerprint density at radius 1 is 1.32 bits per heavy atom. The van der Waals surface area contributed by atoms with E-state index in [0.717, 1.165) is 5.56 Å². The second-order valence-electron chi connectivity index (χ2n) is 4.68. The summed E-state index contributed by atoms with van der Waals surface area (Å²) in [5.74, 6) is 1.36. The SMILES string of the molecule is COc1ccc(CN2C(=O)C(C)C2CO)c(OC)c1. The van der Waals surface area contributed by atoms with Gasteiger partial charge in [-0.1, -0.05) is 6.92 Å². The lowest BCUT2D eigenvalue weighted by Gasteiger charge is -2.45. The predicted molar refractivity (Wildman–Crippen MR) is 70.1 cm³/mol. The smallest absolute Gasteiger partial charge is 0.228 e. The molecule has 2 rings (SSSR count). The normalized spacial score (nSPS) is 22.1. The van der Waals surface area contributed by atoms with Crippen LogP contribution in [0.2, 0.25) is 0 Å². The maximum atomic E-state index is 11.8. The Balaban J connectivity index is 2.17. The number of hydrogen-bond acceptors (Lipinski definition) is 4. The van der Waals surface area contributed by atoms with Gasteiger partial charge in [0.15, 0.2) is 0 Å². The van der Waals surface area contributed by atoms with E-state index in [1.54, 1.807) is 25.2 Å². The van der Waals surface area contributed by atoms with Gasteiger partial charge in [-0.25, -0.2) is 0 Å². The van der Waals surface area contributed by atoms with Gasteiger partial charge in [-0.15, -0.1) is 0 Å². The van der Waals surface area contributed by atoms with Crippen molar-refractivity contribution in [2.24, 2.45) is 5.92 Å². The molecule has 0 saturated carbocycles. The van der Waals surface area contributed by atoms with Gasteiger partial charge >= 0.3 is 0 Å². The van der Waals surface area contributed by atoms with Crippen LogP contribution >= 0.6 is 0 Å². The average Bonchev–Trinajstić information content (AvgIpc) is 2.46. The van der Waals surface area contributed by atoms with Crippen molar-refractivity contribution in [1.82, 2.24) is 4.90 Å². The van der Waals surface area contributed by atoms with Crippen molar-refractivity contribution in [3.63, 3.8) is 0 Å². The standard InChI is InChI=1S/C14H19NO4/c1-9-12(8-16)15(14(9)17)7-10-4-5-11(18-2)6-13(10)19-3/h4-6,9,12,16H,7-8H2,1-3H3. The summed E-state index contributed by atoms with van der Waals surface area (Å²) in [5.41, 5.74) is 0.905. The number of carbonyl (C=O) groups is 1. The van der Waals surface area contributed by atoms with Crippen LogP contribution in [0.3, 0.4) is 0 Å². The van der Waals surface area contributed by atoms with Gasteiger partial charge in [0, 0.05) is 18.2 Å². The summed E-state index contributed by atoms with van der Waals surface area (Å²) in [7, 11) is 3.18. The summed E-state index contributed by atoms with van der Waals surface area (Å²) in [4.78, 5) is 13.5. The van der Waals surface area contributed by atoms with Crippen LogP contribution in [0, 0.1) is 5.92 Å². The number of carbonyl (C=O) groups excluding carboxylic acids is 1. The van der Waals surface area contributed by atoms with Gasteiger partial charge < -0.3 is 19.5 Å². The first-order chi connectivity index (χ1) is 9.12. The van der Waals surface area contributed by atoms with Gasteiger partial charge in [0.05, 0.1) is 32.8 Å². The summed E-state index contributed by atoms with van der Waals surface area (Å²) >= 11 is 0. The van der Waals surface area contributed by atoms with E-state index >= 15 is 0 Å². The molecule has 1 amide bonds. The third-order valence-corrected chi connectivity index (χ3v) is 3.67. The van der Waals surface area contributed by atoms with E-state index in [1.165, 1.54) is 0 Å². The number of nitrogens with zero attached hydrogens (tertiary/aromatic N) is 1. The fraction of sp³-hybridized carbons (Fsp3) is 0.500. The molecule has 5 heteroatoms. The van der Waals surface area contributed by atoms with Crippen molar-refractivity contribution in [3.05, 3.63) is 23.8 Å². The first-order valence-corrected chi connectivity index (χ1v) is 6.24. The molecule has 19 heavy (non-hydrogen) atoms. The fourth-order valence-corrected chi connectivity index (χ4v) is 2.40. The molecular formula is C14H19NO4. The highest BCUT2D eigenvalue weighted by Gasteiger charge is 2.43. The summed E-state index contributed by atoms with van der Waals surface area (Å²) in [5, 5.41) is 9.29. The van der Waals surface area contributed by atoms with Crippen LogP contribution in [0.1, 0.15) is 12.5 Å². The topological polar surface area (TPSA) is 59.0 Å². The zero-order valence-electron chi connectivity index (χ0n) is 11.4. The van der Waals surface area contributed by atoms with Crippen molar-refractivity contribution in [2.75, 3.05) is 20.8 Å². The molecule has 104 valence electrons. The second kappa shape index (κ2) is 5.48. The molecular weight excluding hydrogens is 246 g/mol. The minimum Gasteiger partial charge on any atom is -0.497 e. The van der Waals surface area contributed by atoms with E-state index in [9.17, 15) is 9.90 Å². The molecule has 0 aromatic heterocycles. The lowest BCUT2D eigenvalue weighted by Crippen LogP contribution is -2.60. The number of hydrogen-bond donors (Lipinski definition) is 1. The molecule has 5 nitrogen and oxygen atoms in total. The zero-order valence-corrected chi connectivity index (χ0v) is 11.4. The van der Waals surface area contributed by atoms with Gasteiger partial charge in [0.1, 0.15) is 11.5 Å². The Bertz CT molecular complexity index is 475. The molecule has 1 aromatic rings. The molecule has 1 aliphatic heterocycles. The average molecular weight is 265 g/mol. The number of likely N-dealkylation sites (tertiary alicyclic amines) is 1. The van der Waals surface area contributed by atoms with Crippen molar-refractivity contribution < 1.29 is 19.4 Å². The van der Waals surface area contributed by atoms with E-state index in [1.807, 2.05) is 19.1 Å². The molecule has 0 bridgehead atoms. The number of rotatable bonds is 5. The van der Waals surface area contributed by atoms with E-state index in [2.05, 4.69) is 0 Å². The zero-order chi connectivity index (χ0) is 14.0. The highest BCUT2D eigenvalue weighted by Crippen LogP contribution is 2.32. The quantitative estimate of drug-likeness (QED) is 0.808. The molecule has 2 unspecified atom stereocenters. The predicted octanol–water partition coefficient (Wildman–Crippen LogP) is 1.04. The molecule has 1 heterocycles. The minimum atomic E-state index is -0.103. The highest BCUT2D eigenvalue weighted by atomic mass is 16.5. The number of aliphatic hydroxyl groups is 1. The van der Waals surface area contributed by atoms with Crippen LogP contribution in [0.25, 0.3) is 0 Å². The second-order valence-corrected chi connectivity index (χ2v) is 4.68. The van der Waals surface area contributed by atoms with Gasteiger partial charge in [-0.2, -0.15) is 0 Å². The molecule has 2 atom stereocenters. The van der Waals surface area contributed by atoms with Crippen molar-refractivity contribution in [2.45, 2.75) is 19.5 Å². The van der Waals surface area contributed by atoms with Crippen molar-refractivity contribution in [3.8, 4) is 11.5 Å². The van der Waals surface area contributed by atoms with Crippen LogP contribution < -0.4 is 9.47 Å². The highest BCUT2D eigenvalue weighted by molar-refractivity contribution is 5.85. The molecule has 1 aromatic carbocycles. The Morgan fingerprint density at radius 3 is 2.63 bits per heavy atom. The van der Waals surface area contributed by atoms with Crippen LogP contribution in [0.15, 0.2) is 18.2 Å². The largest absolute Gasteiger partial charge is 0.497 e. The van der Waals surface area contributed by atoms with Crippen LogP contribution in [-0.4, -0.2) is 42.8 Å². The summed E-state index contributed by atoms with van der Waals surface area (Å²) in [6.07, 6.45) is 0. The van der Waals surface area contributed by atoms with Crippen LogP contribution in [0.5, 0.6) is 11.5 Å². The third kappa shape index (κ3) is 2.38. The summed E-state index contributed by atoms with van der Waals surface area (Å²) < 4.78 is 10.4. The van der Waals surface area contributed by atoms with Gasteiger partial charge in [-0.05, 0) is 12.1 Å². The molecule has 1 N–H and O–H groups in total. The molecule has 0 spiro atoms. The van der Waals surface area contributed by atoms with Crippen molar-refractivity contribution >= 4 is 5.91 Å². The number of β-lactam (4-membered cyclic amide) rings is 1. The van der Waals surface area contributed by atoms with E-state index in [-0.39, 0.29) is 24.5 Å². The molecule has 1 fully saturated rings. The number of ether oxygens (including phenoxy) is 2. The molecule has 1 aliphatic rings. The lowest BCUT2D eigenvalue weighted by atomic mass is 9.89. The number of amides is 1. The molecule has 0 radical (unpaired) electrons. The Kier molecular flexibility index (Phi) is 3.95. The van der Waals surface area contributed by atoms with E-state index < -0.39 is 0 Å². The van der Waals surface area contributed by atoms with E-state index in [0.29, 0.717) is 18.0 Å². The first kappa shape index (κ1) is 13.7. The van der Waals surface area contributed by atoms with Gasteiger partial charge in [0.2, 0.25) is 5.91 Å². The van der Waals surface area contributed by atoms with Gasteiger partial charge in [0.25, 0.3) is 0 Å². The third-order valence-electron chi connectivity index (χ3n) is 3.67. The molecule has 0 aliphatic carbocycles. The Morgan fingerprint density at radius 2 is 2.05 bits per heavy atom. The lowest BCUT2D eigenvalue weighted by molar-refractivity contribution is -0.158. The van der Waals surface area contributed by atoms with Crippen molar-refractivity contribution in [1.29, 1.82) is 0 Å². The first-order valence-electron chi connectivity index (χ1n) is 6.24.